The molecule has 1 aromatic heterocycles. The maximum atomic E-state index is 8.83. The monoisotopic (exact) mass is 249 g/mol. The number of ether oxygens (including phenoxy) is 2. The van der Waals surface area contributed by atoms with Gasteiger partial charge >= 0.3 is 0 Å². The second-order valence-corrected chi connectivity index (χ2v) is 3.72. The normalized spacial score (nSPS) is 10.4. The number of aromatic nitrogens is 1. The second-order valence-electron chi connectivity index (χ2n) is 3.72. The molecular formula is C13H15NO4. The predicted molar refractivity (Wildman–Crippen MR) is 65.8 cm³/mol. The van der Waals surface area contributed by atoms with Crippen LogP contribution in [0.5, 0.6) is 11.5 Å². The summed E-state index contributed by atoms with van der Waals surface area (Å²) in [6.45, 7) is 0.0422. The number of hydrogen-bond donors (Lipinski definition) is 1. The van der Waals surface area contributed by atoms with E-state index in [0.29, 0.717) is 29.4 Å². The molecule has 1 heterocycles. The summed E-state index contributed by atoms with van der Waals surface area (Å²) < 4.78 is 15.5. The molecule has 0 fully saturated rings. The summed E-state index contributed by atoms with van der Waals surface area (Å²) in [7, 11) is 3.18. The van der Waals surface area contributed by atoms with Crippen LogP contribution in [-0.2, 0) is 6.42 Å². The highest BCUT2D eigenvalue weighted by atomic mass is 16.5. The number of methoxy groups -OCH3 is 2. The van der Waals surface area contributed by atoms with Crippen molar-refractivity contribution in [2.45, 2.75) is 6.42 Å². The molecule has 1 aromatic carbocycles. The lowest BCUT2D eigenvalue weighted by molar-refractivity contribution is 0.277. The van der Waals surface area contributed by atoms with Crippen molar-refractivity contribution < 1.29 is 19.1 Å². The first-order valence-electron chi connectivity index (χ1n) is 5.57. The Morgan fingerprint density at radius 1 is 1.17 bits per heavy atom. The van der Waals surface area contributed by atoms with Crippen molar-refractivity contribution >= 4 is 0 Å². The van der Waals surface area contributed by atoms with Crippen molar-refractivity contribution in [3.8, 4) is 22.8 Å². The van der Waals surface area contributed by atoms with Crippen LogP contribution in [0.1, 0.15) is 5.76 Å². The van der Waals surface area contributed by atoms with Gasteiger partial charge in [0.15, 0.2) is 11.5 Å². The van der Waals surface area contributed by atoms with E-state index in [0.717, 1.165) is 5.56 Å². The van der Waals surface area contributed by atoms with Crippen LogP contribution in [0.4, 0.5) is 0 Å². The van der Waals surface area contributed by atoms with Crippen LogP contribution in [0.25, 0.3) is 11.3 Å². The predicted octanol–water partition coefficient (Wildman–Crippen LogP) is 1.89. The number of aliphatic hydroxyl groups is 1. The van der Waals surface area contributed by atoms with Gasteiger partial charge in [-0.3, -0.25) is 0 Å². The molecular weight excluding hydrogens is 234 g/mol. The Balaban J connectivity index is 2.31. The molecule has 1 N–H and O–H groups in total. The van der Waals surface area contributed by atoms with Gasteiger partial charge in [-0.15, -0.1) is 0 Å². The highest BCUT2D eigenvalue weighted by Gasteiger charge is 2.10. The summed E-state index contributed by atoms with van der Waals surface area (Å²) >= 11 is 0. The molecule has 0 unspecified atom stereocenters. The number of benzene rings is 1. The van der Waals surface area contributed by atoms with E-state index in [1.165, 1.54) is 0 Å². The van der Waals surface area contributed by atoms with E-state index in [9.17, 15) is 0 Å². The average Bonchev–Trinajstić information content (AvgIpc) is 2.87. The van der Waals surface area contributed by atoms with Gasteiger partial charge < -0.3 is 19.1 Å². The molecule has 0 atom stereocenters. The van der Waals surface area contributed by atoms with Crippen LogP contribution < -0.4 is 9.47 Å². The molecule has 0 saturated carbocycles. The van der Waals surface area contributed by atoms with Crippen molar-refractivity contribution in [2.24, 2.45) is 0 Å². The standard InChI is InChI=1S/C13H15NO4/c1-16-12-4-3-9(7-13(12)17-2)11-8-10(5-6-15)18-14-11/h3-4,7-8,15H,5-6H2,1-2H3. The molecule has 0 bridgehead atoms. The topological polar surface area (TPSA) is 64.7 Å². The lowest BCUT2D eigenvalue weighted by atomic mass is 10.1. The zero-order chi connectivity index (χ0) is 13.0. The first kappa shape index (κ1) is 12.4. The number of hydrogen-bond acceptors (Lipinski definition) is 5. The smallest absolute Gasteiger partial charge is 0.161 e. The SMILES string of the molecule is COc1ccc(-c2cc(CCO)on2)cc1OC. The number of rotatable bonds is 5. The van der Waals surface area contributed by atoms with Crippen LogP contribution >= 0.6 is 0 Å². The zero-order valence-electron chi connectivity index (χ0n) is 10.3. The average molecular weight is 249 g/mol. The Bertz CT molecular complexity index is 521. The van der Waals surface area contributed by atoms with Gasteiger partial charge in [0.2, 0.25) is 0 Å². The van der Waals surface area contributed by atoms with Crippen molar-refractivity contribution in [1.29, 1.82) is 0 Å². The van der Waals surface area contributed by atoms with Gasteiger partial charge in [-0.1, -0.05) is 5.16 Å². The first-order chi connectivity index (χ1) is 8.78. The van der Waals surface area contributed by atoms with Crippen molar-refractivity contribution in [1.82, 2.24) is 5.16 Å². The van der Waals surface area contributed by atoms with Gasteiger partial charge in [-0.25, -0.2) is 0 Å². The van der Waals surface area contributed by atoms with Crippen LogP contribution in [0.2, 0.25) is 0 Å². The first-order valence-corrected chi connectivity index (χ1v) is 5.57. The van der Waals surface area contributed by atoms with Crippen molar-refractivity contribution in [3.05, 3.63) is 30.0 Å². The van der Waals surface area contributed by atoms with E-state index in [4.69, 9.17) is 19.1 Å². The van der Waals surface area contributed by atoms with Crippen LogP contribution in [0.15, 0.2) is 28.8 Å². The maximum absolute atomic E-state index is 8.83. The highest BCUT2D eigenvalue weighted by Crippen LogP contribution is 2.31. The van der Waals surface area contributed by atoms with E-state index in [1.807, 2.05) is 18.2 Å². The Labute approximate surface area is 105 Å². The largest absolute Gasteiger partial charge is 0.493 e. The Hall–Kier alpha value is -2.01. The third kappa shape index (κ3) is 2.46. The zero-order valence-corrected chi connectivity index (χ0v) is 10.3. The second kappa shape index (κ2) is 5.55. The van der Waals surface area contributed by atoms with Gasteiger partial charge in [0.1, 0.15) is 11.5 Å². The molecule has 0 amide bonds. The van der Waals surface area contributed by atoms with Crippen LogP contribution in [0, 0.1) is 0 Å². The third-order valence-electron chi connectivity index (χ3n) is 2.60. The van der Waals surface area contributed by atoms with Gasteiger partial charge in [0.05, 0.1) is 20.8 Å². The summed E-state index contributed by atoms with van der Waals surface area (Å²) in [5, 5.41) is 12.8. The van der Waals surface area contributed by atoms with Crippen LogP contribution in [0.3, 0.4) is 0 Å². The number of nitrogens with zero attached hydrogens (tertiary/aromatic N) is 1. The molecule has 18 heavy (non-hydrogen) atoms. The lowest BCUT2D eigenvalue weighted by Crippen LogP contribution is -1.90. The minimum absolute atomic E-state index is 0.0422. The van der Waals surface area contributed by atoms with E-state index in [1.54, 1.807) is 20.3 Å². The van der Waals surface area contributed by atoms with Gasteiger partial charge in [0, 0.05) is 18.1 Å². The summed E-state index contributed by atoms with van der Waals surface area (Å²) in [6.07, 6.45) is 0.459. The van der Waals surface area contributed by atoms with E-state index >= 15 is 0 Å². The quantitative estimate of drug-likeness (QED) is 0.876. The number of aliphatic hydroxyl groups excluding tert-OH is 1. The molecule has 0 aliphatic carbocycles. The molecule has 5 heteroatoms. The van der Waals surface area contributed by atoms with Crippen molar-refractivity contribution in [2.75, 3.05) is 20.8 Å². The van der Waals surface area contributed by atoms with Gasteiger partial charge in [0.25, 0.3) is 0 Å². The molecule has 0 aliphatic rings. The summed E-state index contributed by atoms with van der Waals surface area (Å²) in [5.74, 6) is 1.96. The van der Waals surface area contributed by atoms with Gasteiger partial charge in [-0.05, 0) is 18.2 Å². The Kier molecular flexibility index (Phi) is 3.84. The molecule has 0 aliphatic heterocycles. The Morgan fingerprint density at radius 3 is 2.61 bits per heavy atom. The minimum Gasteiger partial charge on any atom is -0.493 e. The summed E-state index contributed by atoms with van der Waals surface area (Å²) in [5.41, 5.74) is 1.58. The fraction of sp³-hybridized carbons (Fsp3) is 0.308. The Morgan fingerprint density at radius 2 is 1.94 bits per heavy atom. The molecule has 5 nitrogen and oxygen atoms in total. The molecule has 96 valence electrons. The molecule has 0 spiro atoms. The molecule has 2 rings (SSSR count). The fourth-order valence-electron chi connectivity index (χ4n) is 1.67. The summed E-state index contributed by atoms with van der Waals surface area (Å²) in [4.78, 5) is 0. The maximum Gasteiger partial charge on any atom is 0.161 e. The summed E-state index contributed by atoms with van der Waals surface area (Å²) in [6, 6.07) is 7.33. The third-order valence-corrected chi connectivity index (χ3v) is 2.60. The van der Waals surface area contributed by atoms with Crippen LogP contribution in [-0.4, -0.2) is 31.1 Å². The van der Waals surface area contributed by atoms with E-state index < -0.39 is 0 Å². The molecule has 0 radical (unpaired) electrons. The molecule has 2 aromatic rings. The molecule has 0 saturated heterocycles. The lowest BCUT2D eigenvalue weighted by Gasteiger charge is -2.07. The minimum atomic E-state index is 0.0422. The highest BCUT2D eigenvalue weighted by molar-refractivity contribution is 5.63. The van der Waals surface area contributed by atoms with Gasteiger partial charge in [-0.2, -0.15) is 0 Å². The fourth-order valence-corrected chi connectivity index (χ4v) is 1.67. The van der Waals surface area contributed by atoms with E-state index in [-0.39, 0.29) is 6.61 Å². The van der Waals surface area contributed by atoms with E-state index in [2.05, 4.69) is 5.16 Å². The van der Waals surface area contributed by atoms with Crippen molar-refractivity contribution in [3.63, 3.8) is 0 Å².